The maximum Gasteiger partial charge on any atom is 0.107 e. The van der Waals surface area contributed by atoms with Crippen molar-refractivity contribution < 1.29 is 10.2 Å². The maximum absolute atomic E-state index is 8.67. The molecule has 0 saturated heterocycles. The molecule has 0 spiro atoms. The second-order valence-corrected chi connectivity index (χ2v) is 5.71. The van der Waals surface area contributed by atoms with Gasteiger partial charge in [0.15, 0.2) is 0 Å². The molecule has 0 fully saturated rings. The molecule has 0 rings (SSSR count). The molecular formula is C18H34O2. The van der Waals surface area contributed by atoms with Crippen LogP contribution in [0.15, 0.2) is 0 Å². The summed E-state index contributed by atoms with van der Waals surface area (Å²) in [6.07, 6.45) is 21.0. The fourth-order valence-electron chi connectivity index (χ4n) is 2.50. The van der Waals surface area contributed by atoms with Crippen LogP contribution in [0.1, 0.15) is 96.3 Å². The van der Waals surface area contributed by atoms with E-state index in [0.717, 1.165) is 19.3 Å². The van der Waals surface area contributed by atoms with Crippen molar-refractivity contribution in [3.05, 3.63) is 0 Å². The van der Waals surface area contributed by atoms with Crippen molar-refractivity contribution in [2.45, 2.75) is 96.3 Å². The van der Waals surface area contributed by atoms with Crippen LogP contribution in [0.5, 0.6) is 0 Å². The third-order valence-corrected chi connectivity index (χ3v) is 3.79. The lowest BCUT2D eigenvalue weighted by molar-refractivity contribution is 0.282. The van der Waals surface area contributed by atoms with Gasteiger partial charge in [-0.2, -0.15) is 0 Å². The van der Waals surface area contributed by atoms with Crippen LogP contribution in [0.25, 0.3) is 0 Å². The van der Waals surface area contributed by atoms with Crippen LogP contribution in [-0.4, -0.2) is 16.8 Å². The second-order valence-electron chi connectivity index (χ2n) is 5.71. The Kier molecular flexibility index (Phi) is 17.7. The van der Waals surface area contributed by atoms with Gasteiger partial charge >= 0.3 is 0 Å². The summed E-state index contributed by atoms with van der Waals surface area (Å²) in [7, 11) is 0. The number of aliphatic hydroxyl groups is 2. The molecular weight excluding hydrogens is 248 g/mol. The molecule has 0 bridgehead atoms. The Balaban J connectivity index is 2.93. The van der Waals surface area contributed by atoms with E-state index in [0.29, 0.717) is 6.61 Å². The fourth-order valence-corrected chi connectivity index (χ4v) is 2.50. The standard InChI is InChI=1S/C18H34O2/c19-17-15-13-11-9-7-5-3-1-2-4-6-8-10-12-14-16-18-20/h19-20H,1-15,17H2. The van der Waals surface area contributed by atoms with Crippen molar-refractivity contribution in [2.75, 3.05) is 6.61 Å². The van der Waals surface area contributed by atoms with E-state index in [9.17, 15) is 0 Å². The van der Waals surface area contributed by atoms with Gasteiger partial charge in [0.1, 0.15) is 6.11 Å². The molecule has 2 nitrogen and oxygen atoms in total. The Morgan fingerprint density at radius 1 is 0.500 bits per heavy atom. The normalized spacial score (nSPS) is 10.2. The molecule has 2 heteroatoms. The lowest BCUT2D eigenvalue weighted by Crippen LogP contribution is -1.85. The zero-order valence-corrected chi connectivity index (χ0v) is 13.2. The van der Waals surface area contributed by atoms with Crippen LogP contribution in [-0.2, 0) is 0 Å². The minimum absolute atomic E-state index is 0.356. The highest BCUT2D eigenvalue weighted by Gasteiger charge is 1.94. The molecule has 0 amide bonds. The van der Waals surface area contributed by atoms with Gasteiger partial charge in [-0.1, -0.05) is 83.0 Å². The first-order chi connectivity index (χ1) is 9.91. The smallest absolute Gasteiger partial charge is 0.107 e. The molecule has 0 aromatic rings. The van der Waals surface area contributed by atoms with E-state index < -0.39 is 0 Å². The fraction of sp³-hybridized carbons (Fsp3) is 0.889. The second kappa shape index (κ2) is 18.3. The first kappa shape index (κ1) is 19.3. The largest absolute Gasteiger partial charge is 0.462 e. The van der Waals surface area contributed by atoms with Crippen molar-refractivity contribution in [3.8, 4) is 12.0 Å². The third-order valence-electron chi connectivity index (χ3n) is 3.79. The topological polar surface area (TPSA) is 40.5 Å². The van der Waals surface area contributed by atoms with E-state index in [2.05, 4.69) is 5.92 Å². The first-order valence-corrected chi connectivity index (χ1v) is 8.64. The van der Waals surface area contributed by atoms with Gasteiger partial charge in [-0.15, -0.1) is 0 Å². The van der Waals surface area contributed by atoms with Crippen LogP contribution in [0, 0.1) is 12.0 Å². The Morgan fingerprint density at radius 2 is 0.850 bits per heavy atom. The van der Waals surface area contributed by atoms with Crippen molar-refractivity contribution in [3.63, 3.8) is 0 Å². The summed E-state index contributed by atoms with van der Waals surface area (Å²) in [6, 6.07) is 0. The van der Waals surface area contributed by atoms with Gasteiger partial charge in [0, 0.05) is 13.0 Å². The van der Waals surface area contributed by atoms with E-state index in [1.54, 1.807) is 0 Å². The number of hydrogen-bond acceptors (Lipinski definition) is 2. The molecule has 0 aromatic carbocycles. The van der Waals surface area contributed by atoms with Gasteiger partial charge in [0.05, 0.1) is 0 Å². The SMILES string of the molecule is OC#CCCCCCCCCCCCCCCCCO. The van der Waals surface area contributed by atoms with Crippen molar-refractivity contribution >= 4 is 0 Å². The van der Waals surface area contributed by atoms with Crippen LogP contribution >= 0.6 is 0 Å². The molecule has 20 heavy (non-hydrogen) atoms. The highest BCUT2D eigenvalue weighted by atomic mass is 16.3. The van der Waals surface area contributed by atoms with E-state index >= 15 is 0 Å². The minimum Gasteiger partial charge on any atom is -0.462 e. The lowest BCUT2D eigenvalue weighted by Gasteiger charge is -2.02. The zero-order valence-electron chi connectivity index (χ0n) is 13.2. The molecule has 0 radical (unpaired) electrons. The zero-order chi connectivity index (χ0) is 14.7. The molecule has 2 N–H and O–H groups in total. The summed E-state index contributed by atoms with van der Waals surface area (Å²) >= 11 is 0. The van der Waals surface area contributed by atoms with Crippen LogP contribution < -0.4 is 0 Å². The summed E-state index contributed by atoms with van der Waals surface area (Å²) in [4.78, 5) is 0. The number of rotatable bonds is 15. The quantitative estimate of drug-likeness (QED) is 0.321. The van der Waals surface area contributed by atoms with Gasteiger partial charge < -0.3 is 10.2 Å². The molecule has 0 aromatic heterocycles. The monoisotopic (exact) mass is 282 g/mol. The van der Waals surface area contributed by atoms with Crippen LogP contribution in [0.4, 0.5) is 0 Å². The predicted molar refractivity (Wildman–Crippen MR) is 86.1 cm³/mol. The summed E-state index contributed by atoms with van der Waals surface area (Å²) in [5, 5.41) is 17.0. The van der Waals surface area contributed by atoms with Crippen molar-refractivity contribution in [1.82, 2.24) is 0 Å². The van der Waals surface area contributed by atoms with Gasteiger partial charge in [-0.05, 0) is 12.8 Å². The molecule has 0 unspecified atom stereocenters. The molecule has 0 heterocycles. The Hall–Kier alpha value is -0.680. The Morgan fingerprint density at radius 3 is 1.20 bits per heavy atom. The summed E-state index contributed by atoms with van der Waals surface area (Å²) in [5.41, 5.74) is 0. The van der Waals surface area contributed by atoms with E-state index in [4.69, 9.17) is 10.2 Å². The van der Waals surface area contributed by atoms with Crippen molar-refractivity contribution in [1.29, 1.82) is 0 Å². The number of aliphatic hydroxyl groups excluding tert-OH is 2. The lowest BCUT2D eigenvalue weighted by atomic mass is 10.0. The number of hydrogen-bond donors (Lipinski definition) is 2. The predicted octanol–water partition coefficient (Wildman–Crippen LogP) is 5.16. The van der Waals surface area contributed by atoms with Crippen LogP contribution in [0.3, 0.4) is 0 Å². The minimum atomic E-state index is 0.356. The van der Waals surface area contributed by atoms with Crippen LogP contribution in [0.2, 0.25) is 0 Å². The van der Waals surface area contributed by atoms with Gasteiger partial charge in [-0.25, -0.2) is 0 Å². The van der Waals surface area contributed by atoms with E-state index in [1.807, 2.05) is 6.11 Å². The van der Waals surface area contributed by atoms with Gasteiger partial charge in [-0.3, -0.25) is 0 Å². The number of unbranched alkanes of at least 4 members (excludes halogenated alkanes) is 14. The Labute approximate surface area is 126 Å². The average Bonchev–Trinajstić information content (AvgIpc) is 2.47. The Bertz CT molecular complexity index is 227. The molecule has 0 saturated carbocycles. The summed E-state index contributed by atoms with van der Waals surface area (Å²) < 4.78 is 0. The van der Waals surface area contributed by atoms with E-state index in [-0.39, 0.29) is 0 Å². The molecule has 0 aliphatic heterocycles. The maximum atomic E-state index is 8.67. The molecule has 0 aliphatic rings. The first-order valence-electron chi connectivity index (χ1n) is 8.64. The van der Waals surface area contributed by atoms with E-state index in [1.165, 1.54) is 77.0 Å². The highest BCUT2D eigenvalue weighted by molar-refractivity contribution is 4.88. The third kappa shape index (κ3) is 17.3. The highest BCUT2D eigenvalue weighted by Crippen LogP contribution is 2.13. The van der Waals surface area contributed by atoms with Crippen molar-refractivity contribution in [2.24, 2.45) is 0 Å². The van der Waals surface area contributed by atoms with Gasteiger partial charge in [0.2, 0.25) is 0 Å². The molecule has 0 aliphatic carbocycles. The molecule has 118 valence electrons. The summed E-state index contributed by atoms with van der Waals surface area (Å²) in [5.74, 6) is 2.69. The average molecular weight is 282 g/mol. The molecule has 0 atom stereocenters. The summed E-state index contributed by atoms with van der Waals surface area (Å²) in [6.45, 7) is 0.356. The van der Waals surface area contributed by atoms with Gasteiger partial charge in [0.25, 0.3) is 0 Å².